The minimum Gasteiger partial charge on any atom is -0.364 e. The molecule has 0 spiro atoms. The zero-order chi connectivity index (χ0) is 13.9. The van der Waals surface area contributed by atoms with Crippen LogP contribution in [0, 0.1) is 21.4 Å². The van der Waals surface area contributed by atoms with Crippen LogP contribution < -0.4 is 5.32 Å². The lowest BCUT2D eigenvalue weighted by molar-refractivity contribution is -0.384. The Morgan fingerprint density at radius 1 is 1.56 bits per heavy atom. The molecule has 100 valence electrons. The molecule has 0 atom stereocenters. The molecule has 1 aromatic rings. The van der Waals surface area contributed by atoms with Crippen LogP contribution in [0.2, 0.25) is 5.02 Å². The Hall–Kier alpha value is -1.36. The summed E-state index contributed by atoms with van der Waals surface area (Å²) in [6.07, 6.45) is 1.40. The van der Waals surface area contributed by atoms with E-state index < -0.39 is 4.92 Å². The van der Waals surface area contributed by atoms with E-state index in [-0.39, 0.29) is 21.9 Å². The van der Waals surface area contributed by atoms with Crippen molar-refractivity contribution in [2.75, 3.05) is 11.9 Å². The van der Waals surface area contributed by atoms with Crippen LogP contribution in [0.15, 0.2) is 12.3 Å². The zero-order valence-corrected chi connectivity index (χ0v) is 11.8. The summed E-state index contributed by atoms with van der Waals surface area (Å²) in [6.45, 7) is 9.05. The van der Waals surface area contributed by atoms with Gasteiger partial charge in [-0.2, -0.15) is 0 Å². The van der Waals surface area contributed by atoms with Crippen molar-refractivity contribution < 1.29 is 4.92 Å². The molecule has 0 amide bonds. The van der Waals surface area contributed by atoms with Crippen LogP contribution in [-0.4, -0.2) is 16.5 Å². The maximum absolute atomic E-state index is 10.9. The first-order valence-electron chi connectivity index (χ1n) is 5.78. The SMILES string of the molecule is CC(C)C(C)(C)CNc1ncc(Cl)cc1[N+](=O)[O-]. The van der Waals surface area contributed by atoms with Gasteiger partial charge < -0.3 is 5.32 Å². The summed E-state index contributed by atoms with van der Waals surface area (Å²) < 4.78 is 0. The molecule has 1 N–H and O–H groups in total. The lowest BCUT2D eigenvalue weighted by Crippen LogP contribution is -2.29. The Morgan fingerprint density at radius 3 is 2.67 bits per heavy atom. The van der Waals surface area contributed by atoms with Crippen LogP contribution >= 0.6 is 11.6 Å². The van der Waals surface area contributed by atoms with Gasteiger partial charge in [0.25, 0.3) is 0 Å². The molecule has 0 aromatic carbocycles. The number of halogens is 1. The third kappa shape index (κ3) is 3.57. The summed E-state index contributed by atoms with van der Waals surface area (Å²) >= 11 is 5.71. The topological polar surface area (TPSA) is 68.1 Å². The quantitative estimate of drug-likeness (QED) is 0.654. The first-order chi connectivity index (χ1) is 8.24. The molecule has 18 heavy (non-hydrogen) atoms. The Bertz CT molecular complexity index is 447. The van der Waals surface area contributed by atoms with Crippen molar-refractivity contribution in [3.63, 3.8) is 0 Å². The number of hydrogen-bond donors (Lipinski definition) is 1. The lowest BCUT2D eigenvalue weighted by Gasteiger charge is -2.29. The standard InChI is InChI=1S/C12H18ClN3O2/c1-8(2)12(3,4)7-15-11-10(16(17)18)5-9(13)6-14-11/h5-6,8H,7H2,1-4H3,(H,14,15). The third-order valence-electron chi connectivity index (χ3n) is 3.31. The first kappa shape index (κ1) is 14.7. The predicted octanol–water partition coefficient (Wildman–Crippen LogP) is 3.74. The summed E-state index contributed by atoms with van der Waals surface area (Å²) in [6, 6.07) is 1.30. The molecule has 0 aliphatic carbocycles. The number of hydrogen-bond acceptors (Lipinski definition) is 4. The van der Waals surface area contributed by atoms with Crippen LogP contribution in [0.3, 0.4) is 0 Å². The molecule has 0 fully saturated rings. The second-order valence-electron chi connectivity index (χ2n) is 5.28. The van der Waals surface area contributed by atoms with Gasteiger partial charge in [0.15, 0.2) is 0 Å². The van der Waals surface area contributed by atoms with Gasteiger partial charge in [0.2, 0.25) is 5.82 Å². The van der Waals surface area contributed by atoms with Gasteiger partial charge in [-0.3, -0.25) is 10.1 Å². The molecule has 0 radical (unpaired) electrons. The Kier molecular flexibility index (Phi) is 4.51. The van der Waals surface area contributed by atoms with Crippen molar-refractivity contribution >= 4 is 23.1 Å². The predicted molar refractivity (Wildman–Crippen MR) is 73.0 cm³/mol. The van der Waals surface area contributed by atoms with E-state index in [1.165, 1.54) is 12.3 Å². The molecule has 1 rings (SSSR count). The highest BCUT2D eigenvalue weighted by molar-refractivity contribution is 6.30. The number of anilines is 1. The van der Waals surface area contributed by atoms with E-state index in [2.05, 4.69) is 38.0 Å². The third-order valence-corrected chi connectivity index (χ3v) is 3.51. The van der Waals surface area contributed by atoms with Crippen LogP contribution in [-0.2, 0) is 0 Å². The van der Waals surface area contributed by atoms with Gasteiger partial charge in [-0.15, -0.1) is 0 Å². The van der Waals surface area contributed by atoms with Crippen LogP contribution in [0.25, 0.3) is 0 Å². The van der Waals surface area contributed by atoms with Gasteiger partial charge in [-0.1, -0.05) is 39.3 Å². The Morgan fingerprint density at radius 2 is 2.17 bits per heavy atom. The summed E-state index contributed by atoms with van der Waals surface area (Å²) in [4.78, 5) is 14.4. The summed E-state index contributed by atoms with van der Waals surface area (Å²) in [5, 5.41) is 14.2. The first-order valence-corrected chi connectivity index (χ1v) is 6.15. The van der Waals surface area contributed by atoms with Crippen molar-refractivity contribution in [2.45, 2.75) is 27.7 Å². The molecular weight excluding hydrogens is 254 g/mol. The number of aromatic nitrogens is 1. The number of nitro groups is 1. The van der Waals surface area contributed by atoms with Crippen molar-refractivity contribution in [1.82, 2.24) is 4.98 Å². The van der Waals surface area contributed by atoms with E-state index in [9.17, 15) is 10.1 Å². The summed E-state index contributed by atoms with van der Waals surface area (Å²) in [5.74, 6) is 0.717. The van der Waals surface area contributed by atoms with Gasteiger partial charge in [-0.25, -0.2) is 4.98 Å². The van der Waals surface area contributed by atoms with Gasteiger partial charge >= 0.3 is 5.69 Å². The van der Waals surface area contributed by atoms with Crippen molar-refractivity contribution in [3.8, 4) is 0 Å². The second-order valence-corrected chi connectivity index (χ2v) is 5.71. The summed E-state index contributed by atoms with van der Waals surface area (Å²) in [5.41, 5.74) is -0.0723. The fraction of sp³-hybridized carbons (Fsp3) is 0.583. The molecule has 0 aliphatic rings. The van der Waals surface area contributed by atoms with E-state index in [0.29, 0.717) is 12.5 Å². The van der Waals surface area contributed by atoms with Gasteiger partial charge in [0.05, 0.1) is 9.95 Å². The highest BCUT2D eigenvalue weighted by Gasteiger charge is 2.24. The lowest BCUT2D eigenvalue weighted by atomic mass is 9.81. The van der Waals surface area contributed by atoms with Gasteiger partial charge in [-0.05, 0) is 11.3 Å². The highest BCUT2D eigenvalue weighted by atomic mass is 35.5. The fourth-order valence-corrected chi connectivity index (χ4v) is 1.37. The molecule has 1 heterocycles. The summed E-state index contributed by atoms with van der Waals surface area (Å²) in [7, 11) is 0. The molecule has 5 nitrogen and oxygen atoms in total. The Labute approximate surface area is 112 Å². The number of rotatable bonds is 5. The van der Waals surface area contributed by atoms with Crippen molar-refractivity contribution in [1.29, 1.82) is 0 Å². The zero-order valence-electron chi connectivity index (χ0n) is 11.0. The maximum atomic E-state index is 10.9. The monoisotopic (exact) mass is 271 g/mol. The van der Waals surface area contributed by atoms with Crippen molar-refractivity contribution in [3.05, 3.63) is 27.4 Å². The number of nitrogens with one attached hydrogen (secondary N) is 1. The fourth-order valence-electron chi connectivity index (χ4n) is 1.22. The molecule has 0 saturated heterocycles. The molecule has 0 aliphatic heterocycles. The highest BCUT2D eigenvalue weighted by Crippen LogP contribution is 2.29. The molecular formula is C12H18ClN3O2. The normalized spacial score (nSPS) is 11.7. The van der Waals surface area contributed by atoms with Crippen molar-refractivity contribution in [2.24, 2.45) is 11.3 Å². The average Bonchev–Trinajstić information content (AvgIpc) is 2.27. The van der Waals surface area contributed by atoms with E-state index >= 15 is 0 Å². The van der Waals surface area contributed by atoms with Gasteiger partial charge in [0, 0.05) is 18.8 Å². The molecule has 0 unspecified atom stereocenters. The van der Waals surface area contributed by atoms with Crippen LogP contribution in [0.5, 0.6) is 0 Å². The van der Waals surface area contributed by atoms with E-state index in [1.54, 1.807) is 0 Å². The smallest absolute Gasteiger partial charge is 0.312 e. The molecule has 1 aromatic heterocycles. The Balaban J connectivity index is 2.89. The minimum absolute atomic E-state index is 0.0230. The van der Waals surface area contributed by atoms with Crippen LogP contribution in [0.1, 0.15) is 27.7 Å². The van der Waals surface area contributed by atoms with Gasteiger partial charge in [0.1, 0.15) is 0 Å². The maximum Gasteiger partial charge on any atom is 0.312 e. The minimum atomic E-state index is -0.483. The average molecular weight is 272 g/mol. The number of pyridine rings is 1. The molecule has 0 saturated carbocycles. The largest absolute Gasteiger partial charge is 0.364 e. The van der Waals surface area contributed by atoms with E-state index in [0.717, 1.165) is 0 Å². The van der Waals surface area contributed by atoms with Crippen LogP contribution in [0.4, 0.5) is 11.5 Å². The van der Waals surface area contributed by atoms with E-state index in [1.807, 2.05) is 0 Å². The second kappa shape index (κ2) is 5.52. The number of nitrogens with zero attached hydrogens (tertiary/aromatic N) is 2. The molecule has 0 bridgehead atoms. The van der Waals surface area contributed by atoms with E-state index in [4.69, 9.17) is 11.6 Å². The molecule has 6 heteroatoms.